The maximum absolute atomic E-state index is 11.3. The van der Waals surface area contributed by atoms with Crippen molar-refractivity contribution in [1.82, 2.24) is 10.2 Å². The molecule has 2 heterocycles. The molecule has 0 aromatic carbocycles. The molecule has 1 saturated heterocycles. The van der Waals surface area contributed by atoms with Crippen LogP contribution in [-0.2, 0) is 16.3 Å². The molecule has 0 spiro atoms. The van der Waals surface area contributed by atoms with Gasteiger partial charge in [-0.1, -0.05) is 18.7 Å². The van der Waals surface area contributed by atoms with Gasteiger partial charge < -0.3 is 4.42 Å². The van der Waals surface area contributed by atoms with Crippen molar-refractivity contribution in [1.29, 1.82) is 0 Å². The minimum absolute atomic E-state index is 0.143. The van der Waals surface area contributed by atoms with Crippen LogP contribution >= 0.6 is 11.8 Å². The van der Waals surface area contributed by atoms with E-state index in [0.29, 0.717) is 29.7 Å². The molecule has 1 aromatic heterocycles. The first kappa shape index (κ1) is 12.9. The number of rotatable bonds is 5. The molecule has 5 nitrogen and oxygen atoms in total. The third kappa shape index (κ3) is 3.70. The molecule has 0 N–H and O–H groups in total. The second-order valence-corrected chi connectivity index (χ2v) is 7.56. The van der Waals surface area contributed by atoms with Gasteiger partial charge in [0.25, 0.3) is 5.22 Å². The van der Waals surface area contributed by atoms with Gasteiger partial charge in [0.05, 0.1) is 11.5 Å². The van der Waals surface area contributed by atoms with E-state index in [0.717, 1.165) is 12.2 Å². The fourth-order valence-corrected chi connectivity index (χ4v) is 4.34. The number of aromatic nitrogens is 2. The first-order chi connectivity index (χ1) is 8.09. The average molecular weight is 276 g/mol. The van der Waals surface area contributed by atoms with Crippen LogP contribution in [0.1, 0.15) is 25.7 Å². The normalized spacial score (nSPS) is 23.0. The van der Waals surface area contributed by atoms with Crippen LogP contribution in [0.4, 0.5) is 0 Å². The predicted molar refractivity (Wildman–Crippen MR) is 65.8 cm³/mol. The monoisotopic (exact) mass is 276 g/mol. The topological polar surface area (TPSA) is 73.1 Å². The van der Waals surface area contributed by atoms with Gasteiger partial charge in [-0.3, -0.25) is 0 Å². The second-order valence-electron chi connectivity index (χ2n) is 4.28. The number of hydrogen-bond acceptors (Lipinski definition) is 6. The van der Waals surface area contributed by atoms with Crippen LogP contribution in [0.25, 0.3) is 0 Å². The highest BCUT2D eigenvalue weighted by atomic mass is 32.2. The summed E-state index contributed by atoms with van der Waals surface area (Å²) < 4.78 is 28.1. The summed E-state index contributed by atoms with van der Waals surface area (Å²) in [7, 11) is -2.82. The standard InChI is InChI=1S/C10H16N2O3S2/c1-2-4-16-10-12-11-9(15-10)6-8-3-5-17(13,14)7-8/h8H,2-7H2,1H3. The van der Waals surface area contributed by atoms with Gasteiger partial charge in [0, 0.05) is 12.2 Å². The zero-order valence-electron chi connectivity index (χ0n) is 9.76. The smallest absolute Gasteiger partial charge is 0.276 e. The molecule has 2 rings (SSSR count). The highest BCUT2D eigenvalue weighted by Crippen LogP contribution is 2.24. The number of sulfone groups is 1. The van der Waals surface area contributed by atoms with Crippen molar-refractivity contribution in [2.75, 3.05) is 17.3 Å². The van der Waals surface area contributed by atoms with Crippen molar-refractivity contribution in [3.63, 3.8) is 0 Å². The molecular weight excluding hydrogens is 260 g/mol. The molecule has 1 atom stereocenters. The molecule has 17 heavy (non-hydrogen) atoms. The molecule has 1 aliphatic rings. The summed E-state index contributed by atoms with van der Waals surface area (Å²) in [5, 5.41) is 8.46. The van der Waals surface area contributed by atoms with Crippen LogP contribution in [0.2, 0.25) is 0 Å². The molecule has 1 aromatic rings. The summed E-state index contributed by atoms with van der Waals surface area (Å²) in [4.78, 5) is 0. The summed E-state index contributed by atoms with van der Waals surface area (Å²) in [5.41, 5.74) is 0. The van der Waals surface area contributed by atoms with Crippen LogP contribution in [0, 0.1) is 5.92 Å². The fraction of sp³-hybridized carbons (Fsp3) is 0.800. The Morgan fingerprint density at radius 3 is 2.94 bits per heavy atom. The largest absolute Gasteiger partial charge is 0.416 e. The molecule has 0 bridgehead atoms. The lowest BCUT2D eigenvalue weighted by Crippen LogP contribution is -2.07. The lowest BCUT2D eigenvalue weighted by Gasteiger charge is -2.01. The average Bonchev–Trinajstić information content (AvgIpc) is 2.83. The Balaban J connectivity index is 1.89. The van der Waals surface area contributed by atoms with E-state index in [1.807, 2.05) is 0 Å². The van der Waals surface area contributed by atoms with Crippen LogP contribution < -0.4 is 0 Å². The molecule has 0 saturated carbocycles. The first-order valence-electron chi connectivity index (χ1n) is 5.74. The zero-order chi connectivity index (χ0) is 12.3. The van der Waals surface area contributed by atoms with E-state index in [1.54, 1.807) is 11.8 Å². The van der Waals surface area contributed by atoms with E-state index in [2.05, 4.69) is 17.1 Å². The van der Waals surface area contributed by atoms with E-state index in [-0.39, 0.29) is 11.7 Å². The van der Waals surface area contributed by atoms with Gasteiger partial charge in [-0.25, -0.2) is 8.42 Å². The quantitative estimate of drug-likeness (QED) is 0.760. The third-order valence-corrected chi connectivity index (χ3v) is 5.53. The summed E-state index contributed by atoms with van der Waals surface area (Å²) in [6.07, 6.45) is 2.35. The molecule has 1 unspecified atom stereocenters. The predicted octanol–water partition coefficient (Wildman–Crippen LogP) is 1.55. The highest BCUT2D eigenvalue weighted by Gasteiger charge is 2.29. The van der Waals surface area contributed by atoms with Crippen molar-refractivity contribution in [2.24, 2.45) is 5.92 Å². The summed E-state index contributed by atoms with van der Waals surface area (Å²) in [6, 6.07) is 0. The van der Waals surface area contributed by atoms with Crippen molar-refractivity contribution in [2.45, 2.75) is 31.4 Å². The Morgan fingerprint density at radius 1 is 1.47 bits per heavy atom. The Kier molecular flexibility index (Phi) is 4.09. The Hall–Kier alpha value is -0.560. The first-order valence-corrected chi connectivity index (χ1v) is 8.55. The molecule has 1 fully saturated rings. The summed E-state index contributed by atoms with van der Waals surface area (Å²) in [6.45, 7) is 2.09. The summed E-state index contributed by atoms with van der Waals surface area (Å²) >= 11 is 1.54. The highest BCUT2D eigenvalue weighted by molar-refractivity contribution is 7.99. The number of hydrogen-bond donors (Lipinski definition) is 0. The molecule has 96 valence electrons. The van der Waals surface area contributed by atoms with Gasteiger partial charge in [-0.15, -0.1) is 10.2 Å². The van der Waals surface area contributed by atoms with Crippen LogP contribution in [-0.4, -0.2) is 35.9 Å². The summed E-state index contributed by atoms with van der Waals surface area (Å²) in [5.74, 6) is 2.21. The molecular formula is C10H16N2O3S2. The number of nitrogens with zero attached hydrogens (tertiary/aromatic N) is 2. The van der Waals surface area contributed by atoms with Gasteiger partial charge in [-0.2, -0.15) is 0 Å². The lowest BCUT2D eigenvalue weighted by atomic mass is 10.1. The minimum Gasteiger partial charge on any atom is -0.416 e. The molecule has 0 radical (unpaired) electrons. The Labute approximate surface area is 105 Å². The molecule has 7 heteroatoms. The van der Waals surface area contributed by atoms with Crippen molar-refractivity contribution >= 4 is 21.6 Å². The minimum atomic E-state index is -2.82. The maximum atomic E-state index is 11.3. The SMILES string of the molecule is CCCSc1nnc(CC2CCS(=O)(=O)C2)o1. The van der Waals surface area contributed by atoms with E-state index in [1.165, 1.54) is 0 Å². The van der Waals surface area contributed by atoms with E-state index in [9.17, 15) is 8.42 Å². The van der Waals surface area contributed by atoms with Gasteiger partial charge >= 0.3 is 0 Å². The second kappa shape index (κ2) is 5.39. The molecule has 0 amide bonds. The van der Waals surface area contributed by atoms with Crippen LogP contribution in [0.5, 0.6) is 0 Å². The molecule has 1 aliphatic heterocycles. The zero-order valence-corrected chi connectivity index (χ0v) is 11.4. The Morgan fingerprint density at radius 2 is 2.29 bits per heavy atom. The fourth-order valence-electron chi connectivity index (χ4n) is 1.85. The van der Waals surface area contributed by atoms with Crippen molar-refractivity contribution < 1.29 is 12.8 Å². The van der Waals surface area contributed by atoms with E-state index < -0.39 is 9.84 Å². The van der Waals surface area contributed by atoms with E-state index >= 15 is 0 Å². The van der Waals surface area contributed by atoms with Gasteiger partial charge in [0.2, 0.25) is 5.89 Å². The third-order valence-electron chi connectivity index (χ3n) is 2.67. The maximum Gasteiger partial charge on any atom is 0.276 e. The van der Waals surface area contributed by atoms with Gasteiger partial charge in [0.15, 0.2) is 9.84 Å². The van der Waals surface area contributed by atoms with Gasteiger partial charge in [-0.05, 0) is 18.8 Å². The van der Waals surface area contributed by atoms with Crippen molar-refractivity contribution in [3.05, 3.63) is 5.89 Å². The van der Waals surface area contributed by atoms with E-state index in [4.69, 9.17) is 4.42 Å². The van der Waals surface area contributed by atoms with Gasteiger partial charge in [0.1, 0.15) is 0 Å². The van der Waals surface area contributed by atoms with Crippen LogP contribution in [0.3, 0.4) is 0 Å². The van der Waals surface area contributed by atoms with Crippen molar-refractivity contribution in [3.8, 4) is 0 Å². The van der Waals surface area contributed by atoms with Crippen LogP contribution in [0.15, 0.2) is 9.64 Å². The number of thioether (sulfide) groups is 1. The lowest BCUT2D eigenvalue weighted by molar-refractivity contribution is 0.389. The Bertz CT molecular complexity index is 470. The molecule has 0 aliphatic carbocycles.